The molecule has 1 aliphatic rings. The van der Waals surface area contributed by atoms with Crippen molar-refractivity contribution < 1.29 is 9.18 Å². The molecule has 3 aromatic rings. The highest BCUT2D eigenvalue weighted by atomic mass is 19.1. The van der Waals surface area contributed by atoms with Crippen LogP contribution in [0.3, 0.4) is 0 Å². The van der Waals surface area contributed by atoms with Gasteiger partial charge in [-0.15, -0.1) is 0 Å². The third-order valence-corrected chi connectivity index (χ3v) is 5.23. The van der Waals surface area contributed by atoms with Crippen LogP contribution in [-0.2, 0) is 30.7 Å². The summed E-state index contributed by atoms with van der Waals surface area (Å²) in [5.74, 6) is -0.0538. The molecule has 0 aliphatic carbocycles. The Morgan fingerprint density at radius 2 is 1.64 bits per heavy atom. The summed E-state index contributed by atoms with van der Waals surface area (Å²) in [7, 11) is 0. The van der Waals surface area contributed by atoms with Gasteiger partial charge in [-0.3, -0.25) is 4.79 Å². The molecule has 142 valence electrons. The highest BCUT2D eigenvalue weighted by molar-refractivity contribution is 5.79. The lowest BCUT2D eigenvalue weighted by Gasteiger charge is -2.29. The van der Waals surface area contributed by atoms with Crippen LogP contribution in [0.25, 0.3) is 0 Å². The average Bonchev–Trinajstić information content (AvgIpc) is 2.74. The van der Waals surface area contributed by atoms with E-state index in [-0.39, 0.29) is 11.7 Å². The second-order valence-electron chi connectivity index (χ2n) is 7.15. The molecule has 3 aromatic carbocycles. The Balaban J connectivity index is 1.33. The normalized spacial score (nSPS) is 13.1. The predicted octanol–water partition coefficient (Wildman–Crippen LogP) is 4.57. The fourth-order valence-electron chi connectivity index (χ4n) is 3.57. The quantitative estimate of drug-likeness (QED) is 0.710. The van der Waals surface area contributed by atoms with Crippen molar-refractivity contribution in [3.05, 3.63) is 101 Å². The fourth-order valence-corrected chi connectivity index (χ4v) is 3.57. The van der Waals surface area contributed by atoms with Gasteiger partial charge in [-0.2, -0.15) is 0 Å². The predicted molar refractivity (Wildman–Crippen MR) is 109 cm³/mol. The lowest BCUT2D eigenvalue weighted by atomic mass is 9.99. The van der Waals surface area contributed by atoms with Crippen LogP contribution in [0.5, 0.6) is 0 Å². The molecular weight excluding hydrogens is 351 g/mol. The second-order valence-corrected chi connectivity index (χ2v) is 7.15. The van der Waals surface area contributed by atoms with Crippen LogP contribution in [0.4, 0.5) is 10.1 Å². The maximum atomic E-state index is 13.7. The molecule has 0 spiro atoms. The van der Waals surface area contributed by atoms with Crippen LogP contribution in [-0.4, -0.2) is 17.4 Å². The molecule has 4 rings (SSSR count). The maximum absolute atomic E-state index is 13.7. The molecule has 1 N–H and O–H groups in total. The number of nitrogens with one attached hydrogen (secondary N) is 1. The zero-order valence-corrected chi connectivity index (χ0v) is 15.7. The summed E-state index contributed by atoms with van der Waals surface area (Å²) in [6.07, 6.45) is 1.32. The molecule has 3 nitrogen and oxygen atoms in total. The van der Waals surface area contributed by atoms with Crippen LogP contribution < -0.4 is 5.32 Å². The number of rotatable bonds is 5. The van der Waals surface area contributed by atoms with Gasteiger partial charge in [-0.25, -0.2) is 4.39 Å². The van der Waals surface area contributed by atoms with Gasteiger partial charge in [0.15, 0.2) is 0 Å². The van der Waals surface area contributed by atoms with E-state index in [4.69, 9.17) is 0 Å². The topological polar surface area (TPSA) is 32.3 Å². The van der Waals surface area contributed by atoms with E-state index in [0.717, 1.165) is 24.2 Å². The van der Waals surface area contributed by atoms with E-state index < -0.39 is 0 Å². The van der Waals surface area contributed by atoms with E-state index in [1.54, 1.807) is 12.1 Å². The number of anilines is 1. The van der Waals surface area contributed by atoms with Crippen molar-refractivity contribution in [3.63, 3.8) is 0 Å². The molecule has 0 unspecified atom stereocenters. The summed E-state index contributed by atoms with van der Waals surface area (Å²) in [5.41, 5.74) is 5.12. The highest BCUT2D eigenvalue weighted by Gasteiger charge is 2.20. The molecule has 0 saturated carbocycles. The van der Waals surface area contributed by atoms with Gasteiger partial charge in [0.25, 0.3) is 0 Å². The van der Waals surface area contributed by atoms with Gasteiger partial charge in [0.05, 0.1) is 6.42 Å². The smallest absolute Gasteiger partial charge is 0.227 e. The molecule has 0 saturated heterocycles. The molecule has 0 fully saturated rings. The van der Waals surface area contributed by atoms with Gasteiger partial charge < -0.3 is 10.2 Å². The van der Waals surface area contributed by atoms with Crippen LogP contribution in [0.2, 0.25) is 0 Å². The van der Waals surface area contributed by atoms with E-state index in [1.165, 1.54) is 17.2 Å². The number of nitrogens with zero attached hydrogens (tertiary/aromatic N) is 1. The van der Waals surface area contributed by atoms with E-state index in [9.17, 15) is 9.18 Å². The minimum absolute atomic E-state index is 0.154. The Kier molecular flexibility index (Phi) is 5.38. The molecule has 28 heavy (non-hydrogen) atoms. The first kappa shape index (κ1) is 18.2. The van der Waals surface area contributed by atoms with Gasteiger partial charge in [0, 0.05) is 30.9 Å². The van der Waals surface area contributed by atoms with Crippen molar-refractivity contribution in [3.8, 4) is 0 Å². The number of fused-ring (bicyclic) bond motifs is 1. The summed E-state index contributed by atoms with van der Waals surface area (Å²) in [6, 6.07) is 22.9. The highest BCUT2D eigenvalue weighted by Crippen LogP contribution is 2.20. The van der Waals surface area contributed by atoms with Gasteiger partial charge >= 0.3 is 0 Å². The standard InChI is InChI=1S/C24H23FN2O/c25-23-8-4-3-6-20(23)16-26-22-11-9-18(10-12-22)15-24(28)27-14-13-19-5-1-2-7-21(19)17-27/h1-12,26H,13-17H2. The van der Waals surface area contributed by atoms with E-state index >= 15 is 0 Å². The zero-order valence-electron chi connectivity index (χ0n) is 15.7. The molecule has 1 amide bonds. The number of hydrogen-bond donors (Lipinski definition) is 1. The Bertz CT molecular complexity index is 968. The molecular formula is C24H23FN2O. The monoisotopic (exact) mass is 374 g/mol. The van der Waals surface area contributed by atoms with E-state index in [1.807, 2.05) is 41.3 Å². The first-order chi connectivity index (χ1) is 13.7. The summed E-state index contributed by atoms with van der Waals surface area (Å²) in [6.45, 7) is 1.90. The molecule has 0 atom stereocenters. The number of carbonyl (C=O) groups excluding carboxylic acids is 1. The molecule has 1 heterocycles. The number of carbonyl (C=O) groups is 1. The lowest BCUT2D eigenvalue weighted by molar-refractivity contribution is -0.131. The Morgan fingerprint density at radius 3 is 2.43 bits per heavy atom. The van der Waals surface area contributed by atoms with Gasteiger partial charge in [0.2, 0.25) is 5.91 Å². The largest absolute Gasteiger partial charge is 0.381 e. The number of benzene rings is 3. The minimum atomic E-state index is -0.208. The van der Waals surface area contributed by atoms with Gasteiger partial charge in [-0.1, -0.05) is 54.6 Å². The SMILES string of the molecule is O=C(Cc1ccc(NCc2ccccc2F)cc1)N1CCc2ccccc2C1. The second kappa shape index (κ2) is 8.26. The Hall–Kier alpha value is -3.14. The first-order valence-electron chi connectivity index (χ1n) is 9.60. The molecule has 4 heteroatoms. The minimum Gasteiger partial charge on any atom is -0.381 e. The Labute approximate surface area is 164 Å². The lowest BCUT2D eigenvalue weighted by Crippen LogP contribution is -2.36. The van der Waals surface area contributed by atoms with Gasteiger partial charge in [0.1, 0.15) is 5.82 Å². The zero-order chi connectivity index (χ0) is 19.3. The molecule has 0 radical (unpaired) electrons. The van der Waals surface area contributed by atoms with Crippen molar-refractivity contribution in [2.45, 2.75) is 25.9 Å². The summed E-state index contributed by atoms with van der Waals surface area (Å²) >= 11 is 0. The van der Waals surface area contributed by atoms with Crippen molar-refractivity contribution in [2.75, 3.05) is 11.9 Å². The van der Waals surface area contributed by atoms with Crippen molar-refractivity contribution >= 4 is 11.6 Å². The summed E-state index contributed by atoms with van der Waals surface area (Å²) in [4.78, 5) is 14.6. The number of amides is 1. The van der Waals surface area contributed by atoms with E-state index in [0.29, 0.717) is 25.1 Å². The first-order valence-corrected chi connectivity index (χ1v) is 9.60. The molecule has 1 aliphatic heterocycles. The number of halogens is 1. The van der Waals surface area contributed by atoms with Crippen molar-refractivity contribution in [2.24, 2.45) is 0 Å². The van der Waals surface area contributed by atoms with Crippen molar-refractivity contribution in [1.29, 1.82) is 0 Å². The van der Waals surface area contributed by atoms with Gasteiger partial charge in [-0.05, 0) is 41.3 Å². The third kappa shape index (κ3) is 4.22. The summed E-state index contributed by atoms with van der Waals surface area (Å²) in [5, 5.41) is 3.22. The molecule has 0 aromatic heterocycles. The van der Waals surface area contributed by atoms with Crippen LogP contribution >= 0.6 is 0 Å². The third-order valence-electron chi connectivity index (χ3n) is 5.23. The Morgan fingerprint density at radius 1 is 0.929 bits per heavy atom. The maximum Gasteiger partial charge on any atom is 0.227 e. The fraction of sp³-hybridized carbons (Fsp3) is 0.208. The van der Waals surface area contributed by atoms with E-state index in [2.05, 4.69) is 23.5 Å². The van der Waals surface area contributed by atoms with Crippen molar-refractivity contribution in [1.82, 2.24) is 4.90 Å². The summed E-state index contributed by atoms with van der Waals surface area (Å²) < 4.78 is 13.7. The van der Waals surface area contributed by atoms with Crippen LogP contribution in [0.15, 0.2) is 72.8 Å². The molecule has 0 bridgehead atoms. The van der Waals surface area contributed by atoms with Crippen LogP contribution in [0, 0.1) is 5.82 Å². The average molecular weight is 374 g/mol. The number of hydrogen-bond acceptors (Lipinski definition) is 2. The van der Waals surface area contributed by atoms with Crippen LogP contribution in [0.1, 0.15) is 22.3 Å².